The average molecular weight is 458 g/mol. The highest BCUT2D eigenvalue weighted by molar-refractivity contribution is 6.50. The lowest BCUT2D eigenvalue weighted by Crippen LogP contribution is -1.78. The molecule has 0 radical (unpaired) electrons. The number of nitrogens with zero attached hydrogens (tertiary/aromatic N) is 2. The summed E-state index contributed by atoms with van der Waals surface area (Å²) in [7, 11) is 0. The standard InChI is InChI=1S/C12H2Cl8N2/c13-3-1-4(14)8(18)11(7(3)17)21-22-12-9(19)5(15)2-6(16)10(12)20/h1-2H. The van der Waals surface area contributed by atoms with E-state index in [4.69, 9.17) is 92.8 Å². The molecule has 0 N–H and O–H groups in total. The average Bonchev–Trinajstić information content (AvgIpc) is 2.46. The van der Waals surface area contributed by atoms with Crippen LogP contribution in [-0.2, 0) is 0 Å². The third-order valence-corrected chi connectivity index (χ3v) is 5.54. The largest absolute Gasteiger partial charge is 0.147 e. The molecule has 0 unspecified atom stereocenters. The molecule has 22 heavy (non-hydrogen) atoms. The van der Waals surface area contributed by atoms with E-state index in [0.29, 0.717) is 0 Å². The number of azo groups is 1. The fraction of sp³-hybridized carbons (Fsp3) is 0. The van der Waals surface area contributed by atoms with E-state index in [1.807, 2.05) is 0 Å². The Balaban J connectivity index is 2.60. The molecule has 2 aromatic carbocycles. The zero-order valence-electron chi connectivity index (χ0n) is 10.1. The second-order valence-corrected chi connectivity index (χ2v) is 6.97. The van der Waals surface area contributed by atoms with Gasteiger partial charge in [-0.25, -0.2) is 0 Å². The van der Waals surface area contributed by atoms with Crippen LogP contribution in [0.25, 0.3) is 0 Å². The lowest BCUT2D eigenvalue weighted by Gasteiger charge is -2.07. The summed E-state index contributed by atoms with van der Waals surface area (Å²) < 4.78 is 0. The van der Waals surface area contributed by atoms with Gasteiger partial charge in [0.15, 0.2) is 0 Å². The molecule has 0 aliphatic carbocycles. The van der Waals surface area contributed by atoms with Crippen molar-refractivity contribution >= 4 is 104 Å². The summed E-state index contributed by atoms with van der Waals surface area (Å²) in [4.78, 5) is 0. The highest BCUT2D eigenvalue weighted by Gasteiger charge is 2.16. The summed E-state index contributed by atoms with van der Waals surface area (Å²) >= 11 is 47.8. The molecule has 10 heteroatoms. The van der Waals surface area contributed by atoms with Gasteiger partial charge in [0.05, 0.1) is 40.2 Å². The minimum atomic E-state index is 0.0732. The first kappa shape index (κ1) is 18.7. The molecule has 0 atom stereocenters. The van der Waals surface area contributed by atoms with Crippen LogP contribution in [0.2, 0.25) is 40.2 Å². The third-order valence-electron chi connectivity index (χ3n) is 2.43. The van der Waals surface area contributed by atoms with Crippen molar-refractivity contribution < 1.29 is 0 Å². The number of benzene rings is 2. The van der Waals surface area contributed by atoms with E-state index in [1.54, 1.807) is 0 Å². The number of halogens is 8. The zero-order valence-corrected chi connectivity index (χ0v) is 16.1. The molecule has 0 aromatic heterocycles. The van der Waals surface area contributed by atoms with Gasteiger partial charge in [0, 0.05) is 0 Å². The van der Waals surface area contributed by atoms with Crippen molar-refractivity contribution in [3.05, 3.63) is 52.3 Å². The molecule has 0 fully saturated rings. The molecule has 0 bridgehead atoms. The summed E-state index contributed by atoms with van der Waals surface area (Å²) in [6, 6.07) is 2.78. The molecule has 116 valence electrons. The van der Waals surface area contributed by atoms with Gasteiger partial charge in [-0.1, -0.05) is 92.8 Å². The Kier molecular flexibility index (Phi) is 6.37. The second-order valence-electron chi connectivity index (χ2n) is 3.83. The first-order chi connectivity index (χ1) is 10.2. The molecule has 2 aromatic rings. The minimum absolute atomic E-state index is 0.0732. The maximum atomic E-state index is 6.03. The Hall–Kier alpha value is 0.360. The van der Waals surface area contributed by atoms with Crippen LogP contribution in [0.5, 0.6) is 0 Å². The zero-order chi connectivity index (χ0) is 16.6. The Bertz CT molecular complexity index is 670. The monoisotopic (exact) mass is 454 g/mol. The van der Waals surface area contributed by atoms with Crippen molar-refractivity contribution in [3.8, 4) is 0 Å². The molecule has 0 spiro atoms. The first-order valence-electron chi connectivity index (χ1n) is 5.31. The lowest BCUT2D eigenvalue weighted by molar-refractivity contribution is 1.23. The van der Waals surface area contributed by atoms with Gasteiger partial charge < -0.3 is 0 Å². The van der Waals surface area contributed by atoms with Gasteiger partial charge in [0.2, 0.25) is 0 Å². The number of hydrogen-bond donors (Lipinski definition) is 0. The second kappa shape index (κ2) is 7.50. The summed E-state index contributed by atoms with van der Waals surface area (Å²) in [5.41, 5.74) is 0.146. The minimum Gasteiger partial charge on any atom is -0.147 e. The van der Waals surface area contributed by atoms with Crippen molar-refractivity contribution in [2.45, 2.75) is 0 Å². The predicted molar refractivity (Wildman–Crippen MR) is 97.1 cm³/mol. The molecule has 0 saturated carbocycles. The molecular weight excluding hydrogens is 456 g/mol. The Morgan fingerprint density at radius 1 is 0.455 bits per heavy atom. The summed E-state index contributed by atoms with van der Waals surface area (Å²) in [6.45, 7) is 0. The Morgan fingerprint density at radius 3 is 0.909 bits per heavy atom. The van der Waals surface area contributed by atoms with E-state index in [0.717, 1.165) is 0 Å². The lowest BCUT2D eigenvalue weighted by atomic mass is 10.3. The SMILES string of the molecule is Clc1cc(Cl)c(Cl)c(N=Nc2c(Cl)c(Cl)cc(Cl)c2Cl)c1Cl. The highest BCUT2D eigenvalue weighted by atomic mass is 35.5. The van der Waals surface area contributed by atoms with Crippen molar-refractivity contribution in [3.63, 3.8) is 0 Å². The van der Waals surface area contributed by atoms with Crippen LogP contribution in [-0.4, -0.2) is 0 Å². The van der Waals surface area contributed by atoms with E-state index in [1.165, 1.54) is 12.1 Å². The van der Waals surface area contributed by atoms with Crippen molar-refractivity contribution in [2.75, 3.05) is 0 Å². The number of hydrogen-bond acceptors (Lipinski definition) is 2. The van der Waals surface area contributed by atoms with E-state index < -0.39 is 0 Å². The maximum Gasteiger partial charge on any atom is 0.126 e. The quantitative estimate of drug-likeness (QED) is 0.317. The molecule has 0 aliphatic heterocycles. The van der Waals surface area contributed by atoms with E-state index in [9.17, 15) is 0 Å². The van der Waals surface area contributed by atoms with Crippen LogP contribution in [0.1, 0.15) is 0 Å². The van der Waals surface area contributed by atoms with Gasteiger partial charge in [-0.3, -0.25) is 0 Å². The van der Waals surface area contributed by atoms with Crippen LogP contribution in [0, 0.1) is 0 Å². The molecule has 0 saturated heterocycles. The van der Waals surface area contributed by atoms with Crippen LogP contribution < -0.4 is 0 Å². The van der Waals surface area contributed by atoms with Crippen LogP contribution >= 0.6 is 92.8 Å². The van der Waals surface area contributed by atoms with Gasteiger partial charge in [-0.2, -0.15) is 0 Å². The molecule has 2 nitrogen and oxygen atoms in total. The molecular formula is C12H2Cl8N2. The summed E-state index contributed by atoms with van der Waals surface area (Å²) in [5, 5.41) is 8.84. The fourth-order valence-corrected chi connectivity index (χ4v) is 3.15. The van der Waals surface area contributed by atoms with Crippen LogP contribution in [0.15, 0.2) is 22.4 Å². The maximum absolute atomic E-state index is 6.03. The van der Waals surface area contributed by atoms with Gasteiger partial charge >= 0.3 is 0 Å². The van der Waals surface area contributed by atoms with Crippen LogP contribution in [0.4, 0.5) is 11.4 Å². The Morgan fingerprint density at radius 2 is 0.682 bits per heavy atom. The van der Waals surface area contributed by atoms with Crippen molar-refractivity contribution in [1.82, 2.24) is 0 Å². The van der Waals surface area contributed by atoms with Crippen molar-refractivity contribution in [2.24, 2.45) is 10.2 Å². The van der Waals surface area contributed by atoms with Gasteiger partial charge in [-0.05, 0) is 12.1 Å². The van der Waals surface area contributed by atoms with Gasteiger partial charge in [-0.15, -0.1) is 10.2 Å². The molecule has 0 aliphatic rings. The molecule has 0 heterocycles. The van der Waals surface area contributed by atoms with Crippen LogP contribution in [0.3, 0.4) is 0 Å². The normalized spacial score (nSPS) is 11.5. The molecule has 0 amide bonds. The topological polar surface area (TPSA) is 24.7 Å². The Labute approximate surface area is 165 Å². The van der Waals surface area contributed by atoms with Crippen molar-refractivity contribution in [1.29, 1.82) is 0 Å². The predicted octanol–water partition coefficient (Wildman–Crippen LogP) is 9.33. The van der Waals surface area contributed by atoms with E-state index >= 15 is 0 Å². The van der Waals surface area contributed by atoms with Gasteiger partial charge in [0.1, 0.15) is 11.4 Å². The highest BCUT2D eigenvalue weighted by Crippen LogP contribution is 2.46. The van der Waals surface area contributed by atoms with Gasteiger partial charge in [0.25, 0.3) is 0 Å². The first-order valence-corrected chi connectivity index (χ1v) is 8.34. The smallest absolute Gasteiger partial charge is 0.126 e. The number of rotatable bonds is 2. The third kappa shape index (κ3) is 3.71. The van der Waals surface area contributed by atoms with E-state index in [-0.39, 0.29) is 51.6 Å². The fourth-order valence-electron chi connectivity index (χ4n) is 1.40. The summed E-state index contributed by atoms with van der Waals surface area (Å²) in [6.07, 6.45) is 0. The van der Waals surface area contributed by atoms with E-state index in [2.05, 4.69) is 10.2 Å². The molecule has 2 rings (SSSR count). The summed E-state index contributed by atoms with van der Waals surface area (Å²) in [5.74, 6) is 0.